The molecule has 3 saturated carbocycles. The molecular weight excluding hydrogens is 253 g/mol. The molecule has 3 aliphatic carbocycles. The number of hydrogen-bond donors (Lipinski definition) is 1. The van der Waals surface area contributed by atoms with E-state index < -0.39 is 5.67 Å². The monoisotopic (exact) mass is 273 g/mol. The van der Waals surface area contributed by atoms with E-state index in [1.165, 1.54) is 5.56 Å². The number of alkyl halides is 1. The normalized spacial score (nSPS) is 31.7. The van der Waals surface area contributed by atoms with Crippen molar-refractivity contribution in [3.8, 4) is 0 Å². The lowest BCUT2D eigenvalue weighted by Gasteiger charge is -2.30. The first kappa shape index (κ1) is 12.3. The van der Waals surface area contributed by atoms with E-state index in [1.54, 1.807) is 0 Å². The lowest BCUT2D eigenvalue weighted by atomic mass is 9.80. The van der Waals surface area contributed by atoms with E-state index in [0.717, 1.165) is 43.7 Å². The minimum absolute atomic E-state index is 0.541. The van der Waals surface area contributed by atoms with Crippen molar-refractivity contribution >= 4 is 5.65 Å². The molecule has 0 saturated heterocycles. The van der Waals surface area contributed by atoms with Crippen LogP contribution in [0.1, 0.15) is 30.5 Å². The minimum atomic E-state index is -0.801. The number of aromatic nitrogens is 2. The van der Waals surface area contributed by atoms with Gasteiger partial charge >= 0.3 is 0 Å². The fourth-order valence-corrected chi connectivity index (χ4v) is 3.93. The molecule has 3 aliphatic rings. The fraction of sp³-hybridized carbons (Fsp3) is 0.562. The van der Waals surface area contributed by atoms with Crippen LogP contribution in [0.2, 0.25) is 0 Å². The van der Waals surface area contributed by atoms with Crippen molar-refractivity contribution in [3.63, 3.8) is 0 Å². The van der Waals surface area contributed by atoms with Crippen LogP contribution >= 0.6 is 0 Å². The van der Waals surface area contributed by atoms with Gasteiger partial charge in [0.25, 0.3) is 0 Å². The first-order valence-corrected chi connectivity index (χ1v) is 7.45. The zero-order chi connectivity index (χ0) is 13.7. The van der Waals surface area contributed by atoms with E-state index in [2.05, 4.69) is 27.0 Å². The van der Waals surface area contributed by atoms with Gasteiger partial charge in [-0.15, -0.1) is 0 Å². The summed E-state index contributed by atoms with van der Waals surface area (Å²) < 4.78 is 15.9. The van der Waals surface area contributed by atoms with Gasteiger partial charge in [-0.3, -0.25) is 0 Å². The summed E-state index contributed by atoms with van der Waals surface area (Å²) in [4.78, 5) is 4.42. The summed E-state index contributed by atoms with van der Waals surface area (Å²) in [6, 6.07) is 4.16. The summed E-state index contributed by atoms with van der Waals surface area (Å²) in [7, 11) is 0. The molecule has 1 unspecified atom stereocenters. The van der Waals surface area contributed by atoms with Crippen molar-refractivity contribution in [2.24, 2.45) is 11.8 Å². The Morgan fingerprint density at radius 3 is 2.95 bits per heavy atom. The SMILES string of the molecule is Cc1cn2cc(CNCC3CC4(F)CC3C4)ccc2n1. The predicted octanol–water partition coefficient (Wildman–Crippen LogP) is 2.87. The number of imidazole rings is 1. The molecular formula is C16H20FN3. The Bertz CT molecular complexity index is 642. The Morgan fingerprint density at radius 2 is 2.20 bits per heavy atom. The van der Waals surface area contributed by atoms with Gasteiger partial charge in [-0.2, -0.15) is 0 Å². The number of fused-ring (bicyclic) bond motifs is 2. The Hall–Kier alpha value is -1.42. The summed E-state index contributed by atoms with van der Waals surface area (Å²) in [5.41, 5.74) is 2.47. The molecule has 2 aromatic heterocycles. The zero-order valence-electron chi connectivity index (χ0n) is 11.8. The Morgan fingerprint density at radius 1 is 1.35 bits per heavy atom. The lowest BCUT2D eigenvalue weighted by Crippen LogP contribution is -2.30. The van der Waals surface area contributed by atoms with Crippen LogP contribution in [0.3, 0.4) is 0 Å². The third kappa shape index (κ3) is 2.03. The standard InChI is InChI=1S/C16H20FN3/c1-11-9-20-10-12(2-3-15(20)19-11)7-18-8-14-6-16(17)4-13(14)5-16/h2-3,9-10,13-14,18H,4-8H2,1H3. The van der Waals surface area contributed by atoms with Crippen LogP contribution in [0.4, 0.5) is 4.39 Å². The van der Waals surface area contributed by atoms with E-state index in [-0.39, 0.29) is 0 Å². The number of nitrogens with one attached hydrogen (secondary N) is 1. The number of pyridine rings is 1. The lowest BCUT2D eigenvalue weighted by molar-refractivity contribution is 0.0738. The number of rotatable bonds is 4. The smallest absolute Gasteiger partial charge is 0.136 e. The van der Waals surface area contributed by atoms with Crippen LogP contribution in [0.15, 0.2) is 24.5 Å². The van der Waals surface area contributed by atoms with Crippen LogP contribution in [-0.4, -0.2) is 21.6 Å². The predicted molar refractivity (Wildman–Crippen MR) is 76.3 cm³/mol. The van der Waals surface area contributed by atoms with Crippen LogP contribution in [0.25, 0.3) is 5.65 Å². The molecule has 3 nitrogen and oxygen atoms in total. The summed E-state index contributed by atoms with van der Waals surface area (Å²) in [5.74, 6) is 1.17. The van der Waals surface area contributed by atoms with E-state index >= 15 is 0 Å². The third-order valence-corrected chi connectivity index (χ3v) is 4.92. The Kier molecular flexibility index (Phi) is 2.64. The second-order valence-electron chi connectivity index (χ2n) is 6.60. The topological polar surface area (TPSA) is 29.3 Å². The maximum atomic E-state index is 13.8. The Balaban J connectivity index is 1.36. The molecule has 2 aromatic rings. The quantitative estimate of drug-likeness (QED) is 0.928. The van der Waals surface area contributed by atoms with Crippen molar-refractivity contribution in [2.45, 2.75) is 38.4 Å². The highest BCUT2D eigenvalue weighted by atomic mass is 19.1. The average Bonchev–Trinajstić information content (AvgIpc) is 2.97. The molecule has 2 heterocycles. The second kappa shape index (κ2) is 4.29. The Labute approximate surface area is 118 Å². The molecule has 0 amide bonds. The van der Waals surface area contributed by atoms with Crippen molar-refractivity contribution < 1.29 is 4.39 Å². The highest BCUT2D eigenvalue weighted by Crippen LogP contribution is 2.57. The summed E-state index contributed by atoms with van der Waals surface area (Å²) in [6.45, 7) is 3.79. The first-order chi connectivity index (χ1) is 9.61. The van der Waals surface area contributed by atoms with Gasteiger partial charge in [0.1, 0.15) is 11.3 Å². The summed E-state index contributed by atoms with van der Waals surface area (Å²) in [5, 5.41) is 3.49. The molecule has 0 radical (unpaired) electrons. The van der Waals surface area contributed by atoms with Crippen LogP contribution in [-0.2, 0) is 6.54 Å². The van der Waals surface area contributed by atoms with Crippen molar-refractivity contribution in [1.82, 2.24) is 14.7 Å². The third-order valence-electron chi connectivity index (χ3n) is 4.92. The number of aryl methyl sites for hydroxylation is 1. The van der Waals surface area contributed by atoms with Gasteiger partial charge in [-0.25, -0.2) is 9.37 Å². The molecule has 0 spiro atoms. The average molecular weight is 273 g/mol. The molecule has 4 heteroatoms. The molecule has 5 rings (SSSR count). The molecule has 0 aliphatic heterocycles. The zero-order valence-corrected chi connectivity index (χ0v) is 11.8. The van der Waals surface area contributed by atoms with Crippen molar-refractivity contribution in [3.05, 3.63) is 35.8 Å². The van der Waals surface area contributed by atoms with Gasteiger partial charge in [-0.1, -0.05) is 6.07 Å². The van der Waals surface area contributed by atoms with Gasteiger partial charge in [0, 0.05) is 18.9 Å². The van der Waals surface area contributed by atoms with Gasteiger partial charge < -0.3 is 9.72 Å². The van der Waals surface area contributed by atoms with Crippen molar-refractivity contribution in [1.29, 1.82) is 0 Å². The van der Waals surface area contributed by atoms with E-state index in [4.69, 9.17) is 0 Å². The molecule has 2 bridgehead atoms. The molecule has 1 atom stereocenters. The van der Waals surface area contributed by atoms with Crippen molar-refractivity contribution in [2.75, 3.05) is 6.54 Å². The molecule has 0 aromatic carbocycles. The van der Waals surface area contributed by atoms with Crippen LogP contribution < -0.4 is 5.32 Å². The molecule has 1 N–H and O–H groups in total. The molecule has 3 fully saturated rings. The number of halogens is 1. The van der Waals surface area contributed by atoms with Gasteiger partial charge in [0.2, 0.25) is 0 Å². The maximum absolute atomic E-state index is 13.8. The van der Waals surface area contributed by atoms with E-state index in [9.17, 15) is 4.39 Å². The number of hydrogen-bond acceptors (Lipinski definition) is 2. The van der Waals surface area contributed by atoms with Gasteiger partial charge in [0.05, 0.1) is 5.69 Å². The minimum Gasteiger partial charge on any atom is -0.312 e. The molecule has 106 valence electrons. The summed E-state index contributed by atoms with van der Waals surface area (Å²) >= 11 is 0. The van der Waals surface area contributed by atoms with Crippen LogP contribution in [0, 0.1) is 18.8 Å². The largest absolute Gasteiger partial charge is 0.312 e. The fourth-order valence-electron chi connectivity index (χ4n) is 3.93. The van der Waals surface area contributed by atoms with Gasteiger partial charge in [-0.05, 0) is 56.2 Å². The van der Waals surface area contributed by atoms with Crippen LogP contribution in [0.5, 0.6) is 0 Å². The summed E-state index contributed by atoms with van der Waals surface area (Å²) in [6.07, 6.45) is 6.54. The molecule has 20 heavy (non-hydrogen) atoms. The number of nitrogens with zero attached hydrogens (tertiary/aromatic N) is 2. The van der Waals surface area contributed by atoms with Gasteiger partial charge in [0.15, 0.2) is 0 Å². The maximum Gasteiger partial charge on any atom is 0.136 e. The highest BCUT2D eigenvalue weighted by Gasteiger charge is 2.56. The first-order valence-electron chi connectivity index (χ1n) is 7.45. The second-order valence-corrected chi connectivity index (χ2v) is 6.60. The van der Waals surface area contributed by atoms with E-state index in [0.29, 0.717) is 11.8 Å². The highest BCUT2D eigenvalue weighted by molar-refractivity contribution is 5.41. The van der Waals surface area contributed by atoms with E-state index in [1.807, 2.05) is 19.2 Å².